The van der Waals surface area contributed by atoms with Crippen LogP contribution in [0.25, 0.3) is 5.57 Å². The van der Waals surface area contributed by atoms with Gasteiger partial charge in [0.25, 0.3) is 0 Å². The SMILES string of the molecule is CCCCCC1C=CC=C(c2ccccc2B(O)O)C1=C1CCCCC1. The summed E-state index contributed by atoms with van der Waals surface area (Å²) in [4.78, 5) is 0. The van der Waals surface area contributed by atoms with E-state index >= 15 is 0 Å². The summed E-state index contributed by atoms with van der Waals surface area (Å²) in [5, 5.41) is 19.7. The van der Waals surface area contributed by atoms with Crippen molar-refractivity contribution in [1.82, 2.24) is 0 Å². The topological polar surface area (TPSA) is 40.5 Å². The van der Waals surface area contributed by atoms with Crippen LogP contribution in [0.15, 0.2) is 53.6 Å². The zero-order chi connectivity index (χ0) is 18.4. The number of hydrogen-bond donors (Lipinski definition) is 2. The van der Waals surface area contributed by atoms with Gasteiger partial charge in [0.05, 0.1) is 0 Å². The molecule has 1 fully saturated rings. The zero-order valence-corrected chi connectivity index (χ0v) is 16.0. The van der Waals surface area contributed by atoms with E-state index in [1.54, 1.807) is 5.57 Å². The smallest absolute Gasteiger partial charge is 0.423 e. The van der Waals surface area contributed by atoms with Gasteiger partial charge < -0.3 is 10.0 Å². The molecule has 0 aromatic heterocycles. The minimum Gasteiger partial charge on any atom is -0.423 e. The molecule has 1 unspecified atom stereocenters. The monoisotopic (exact) mass is 350 g/mol. The van der Waals surface area contributed by atoms with Gasteiger partial charge in [0.2, 0.25) is 0 Å². The lowest BCUT2D eigenvalue weighted by Gasteiger charge is -2.30. The Bertz CT molecular complexity index is 692. The van der Waals surface area contributed by atoms with Crippen molar-refractivity contribution in [2.75, 3.05) is 0 Å². The Labute approximate surface area is 158 Å². The lowest BCUT2D eigenvalue weighted by Crippen LogP contribution is -2.33. The molecule has 1 aromatic carbocycles. The first kappa shape index (κ1) is 19.2. The van der Waals surface area contributed by atoms with Crippen molar-refractivity contribution < 1.29 is 10.0 Å². The first-order valence-corrected chi connectivity index (χ1v) is 10.3. The minimum absolute atomic E-state index is 0.457. The van der Waals surface area contributed by atoms with E-state index in [2.05, 4.69) is 25.2 Å². The molecule has 0 aliphatic heterocycles. The van der Waals surface area contributed by atoms with E-state index in [4.69, 9.17) is 0 Å². The van der Waals surface area contributed by atoms with Gasteiger partial charge in [-0.1, -0.05) is 80.7 Å². The van der Waals surface area contributed by atoms with Gasteiger partial charge in [-0.15, -0.1) is 0 Å². The van der Waals surface area contributed by atoms with E-state index in [0.717, 1.165) is 5.56 Å². The van der Waals surface area contributed by atoms with Gasteiger partial charge in [-0.05, 0) is 54.3 Å². The Morgan fingerprint density at radius 2 is 1.81 bits per heavy atom. The molecule has 2 aliphatic rings. The summed E-state index contributed by atoms with van der Waals surface area (Å²) in [7, 11) is -1.44. The average molecular weight is 350 g/mol. The molecule has 2 aliphatic carbocycles. The standard InChI is InChI=1S/C23H31BO2/c1-2-3-5-11-19-14-10-16-21(23(19)18-12-6-4-7-13-18)20-15-8-9-17-22(20)24(25)26/h8-10,14-17,19,25-26H,2-7,11-13H2,1H3. The number of unbranched alkanes of at least 4 members (excludes halogenated alkanes) is 2. The van der Waals surface area contributed by atoms with Crippen LogP contribution in [0.5, 0.6) is 0 Å². The molecule has 1 aromatic rings. The third kappa shape index (κ3) is 4.39. The molecule has 0 saturated heterocycles. The summed E-state index contributed by atoms with van der Waals surface area (Å²) in [5.41, 5.74) is 5.84. The van der Waals surface area contributed by atoms with Crippen molar-refractivity contribution in [2.45, 2.75) is 64.7 Å². The Balaban J connectivity index is 2.02. The maximum Gasteiger partial charge on any atom is 0.489 e. The van der Waals surface area contributed by atoms with E-state index in [0.29, 0.717) is 11.4 Å². The molecular weight excluding hydrogens is 319 g/mol. The van der Waals surface area contributed by atoms with Crippen LogP contribution >= 0.6 is 0 Å². The number of allylic oxidation sites excluding steroid dienone is 6. The second kappa shape index (κ2) is 9.39. The Hall–Kier alpha value is -1.58. The quantitative estimate of drug-likeness (QED) is 0.573. The van der Waals surface area contributed by atoms with Crippen LogP contribution < -0.4 is 5.46 Å². The second-order valence-corrected chi connectivity index (χ2v) is 7.61. The predicted octanol–water partition coefficient (Wildman–Crippen LogP) is 4.78. The van der Waals surface area contributed by atoms with E-state index < -0.39 is 7.12 Å². The molecule has 0 bridgehead atoms. The maximum atomic E-state index is 9.87. The average Bonchev–Trinajstić information content (AvgIpc) is 2.68. The Morgan fingerprint density at radius 1 is 1.04 bits per heavy atom. The number of rotatable bonds is 6. The number of benzene rings is 1. The highest BCUT2D eigenvalue weighted by molar-refractivity contribution is 6.59. The lowest BCUT2D eigenvalue weighted by atomic mass is 9.70. The zero-order valence-electron chi connectivity index (χ0n) is 16.0. The van der Waals surface area contributed by atoms with Crippen LogP contribution in [0.1, 0.15) is 70.3 Å². The molecular formula is C23H31BO2. The van der Waals surface area contributed by atoms with Crippen molar-refractivity contribution in [3.05, 3.63) is 59.2 Å². The van der Waals surface area contributed by atoms with Crippen LogP contribution in [-0.4, -0.2) is 17.2 Å². The summed E-state index contributed by atoms with van der Waals surface area (Å²) in [6.07, 6.45) is 17.9. The van der Waals surface area contributed by atoms with Gasteiger partial charge >= 0.3 is 7.12 Å². The van der Waals surface area contributed by atoms with Crippen LogP contribution in [0.3, 0.4) is 0 Å². The molecule has 138 valence electrons. The third-order valence-corrected chi connectivity index (χ3v) is 5.75. The van der Waals surface area contributed by atoms with Crippen LogP contribution in [-0.2, 0) is 0 Å². The molecule has 3 heteroatoms. The molecule has 2 N–H and O–H groups in total. The molecule has 1 atom stereocenters. The Kier molecular flexibility index (Phi) is 6.93. The summed E-state index contributed by atoms with van der Waals surface area (Å²) < 4.78 is 0. The molecule has 0 amide bonds. The van der Waals surface area contributed by atoms with E-state index in [1.165, 1.54) is 68.9 Å². The molecule has 0 spiro atoms. The van der Waals surface area contributed by atoms with Crippen molar-refractivity contribution in [2.24, 2.45) is 5.92 Å². The second-order valence-electron chi connectivity index (χ2n) is 7.61. The third-order valence-electron chi connectivity index (χ3n) is 5.75. The molecule has 26 heavy (non-hydrogen) atoms. The first-order valence-electron chi connectivity index (χ1n) is 10.3. The minimum atomic E-state index is -1.44. The highest BCUT2D eigenvalue weighted by Crippen LogP contribution is 2.41. The normalized spacial score (nSPS) is 20.3. The van der Waals surface area contributed by atoms with Crippen molar-refractivity contribution in [1.29, 1.82) is 0 Å². The summed E-state index contributed by atoms with van der Waals surface area (Å²) >= 11 is 0. The highest BCUT2D eigenvalue weighted by Gasteiger charge is 2.27. The van der Waals surface area contributed by atoms with Gasteiger partial charge in [-0.25, -0.2) is 0 Å². The van der Waals surface area contributed by atoms with E-state index in [1.807, 2.05) is 24.3 Å². The molecule has 0 radical (unpaired) electrons. The van der Waals surface area contributed by atoms with E-state index in [9.17, 15) is 10.0 Å². The molecule has 3 rings (SSSR count). The van der Waals surface area contributed by atoms with Crippen molar-refractivity contribution in [3.8, 4) is 0 Å². The van der Waals surface area contributed by atoms with Crippen LogP contribution in [0.4, 0.5) is 0 Å². The molecule has 1 saturated carbocycles. The summed E-state index contributed by atoms with van der Waals surface area (Å²) in [6, 6.07) is 7.74. The molecule has 2 nitrogen and oxygen atoms in total. The Morgan fingerprint density at radius 3 is 2.54 bits per heavy atom. The predicted molar refractivity (Wildman–Crippen MR) is 111 cm³/mol. The van der Waals surface area contributed by atoms with Crippen molar-refractivity contribution in [3.63, 3.8) is 0 Å². The van der Waals surface area contributed by atoms with Gasteiger partial charge in [0, 0.05) is 5.92 Å². The van der Waals surface area contributed by atoms with Crippen LogP contribution in [0.2, 0.25) is 0 Å². The fourth-order valence-corrected chi connectivity index (χ4v) is 4.43. The van der Waals surface area contributed by atoms with Gasteiger partial charge in [0.15, 0.2) is 0 Å². The van der Waals surface area contributed by atoms with Crippen molar-refractivity contribution >= 4 is 18.2 Å². The van der Waals surface area contributed by atoms with Gasteiger partial charge in [-0.2, -0.15) is 0 Å². The largest absolute Gasteiger partial charge is 0.489 e. The van der Waals surface area contributed by atoms with Gasteiger partial charge in [0.1, 0.15) is 0 Å². The maximum absolute atomic E-state index is 9.87. The van der Waals surface area contributed by atoms with E-state index in [-0.39, 0.29) is 0 Å². The fourth-order valence-electron chi connectivity index (χ4n) is 4.43. The summed E-state index contributed by atoms with van der Waals surface area (Å²) in [6.45, 7) is 2.25. The fraction of sp³-hybridized carbons (Fsp3) is 0.478. The highest BCUT2D eigenvalue weighted by atomic mass is 16.4. The van der Waals surface area contributed by atoms with Gasteiger partial charge in [-0.3, -0.25) is 0 Å². The number of hydrogen-bond acceptors (Lipinski definition) is 2. The summed E-state index contributed by atoms with van der Waals surface area (Å²) in [5.74, 6) is 0.457. The molecule has 0 heterocycles. The lowest BCUT2D eigenvalue weighted by molar-refractivity contribution is 0.425. The first-order chi connectivity index (χ1) is 12.7. The van der Waals surface area contributed by atoms with Crippen LogP contribution in [0, 0.1) is 5.92 Å².